The van der Waals surface area contributed by atoms with E-state index in [0.29, 0.717) is 86.1 Å². The molecule has 2 fully saturated rings. The first-order valence-electron chi connectivity index (χ1n) is 26.9. The van der Waals surface area contributed by atoms with Crippen LogP contribution in [0.4, 0.5) is 16.2 Å². The predicted molar refractivity (Wildman–Crippen MR) is 310 cm³/mol. The molecule has 8 rings (SSSR count). The van der Waals surface area contributed by atoms with Crippen LogP contribution in [0.1, 0.15) is 70.7 Å². The number of aromatic hydroxyl groups is 1. The number of rotatable bonds is 21. The van der Waals surface area contributed by atoms with Crippen molar-refractivity contribution >= 4 is 85.9 Å². The van der Waals surface area contributed by atoms with Gasteiger partial charge in [0, 0.05) is 70.7 Å². The Morgan fingerprint density at radius 1 is 0.938 bits per heavy atom. The smallest absolute Gasteiger partial charge is 0.246 e. The lowest BCUT2D eigenvalue weighted by atomic mass is 9.85. The lowest BCUT2D eigenvalue weighted by Gasteiger charge is -2.35. The number of fused-ring (bicyclic) bond motifs is 2. The number of benzene rings is 4. The van der Waals surface area contributed by atoms with Crippen molar-refractivity contribution in [2.24, 2.45) is 5.41 Å². The van der Waals surface area contributed by atoms with Crippen LogP contribution < -0.4 is 20.9 Å². The van der Waals surface area contributed by atoms with Gasteiger partial charge in [-0.1, -0.05) is 87.0 Å². The minimum Gasteiger partial charge on any atom is -0.508 e. The summed E-state index contributed by atoms with van der Waals surface area (Å²) in [7, 11) is 3.33. The molecule has 0 unspecified atom stereocenters. The summed E-state index contributed by atoms with van der Waals surface area (Å²) in [5.41, 5.74) is 4.63. The number of phenols is 1. The number of thiazole rings is 1. The van der Waals surface area contributed by atoms with E-state index < -0.39 is 29.2 Å². The van der Waals surface area contributed by atoms with Crippen LogP contribution in [-0.4, -0.2) is 156 Å². The normalized spacial score (nSPS) is 15.6. The molecule has 2 aromatic heterocycles. The predicted octanol–water partition coefficient (Wildman–Crippen LogP) is 8.30. The molecule has 4 aromatic carbocycles. The average molecular weight is 1130 g/mol. The Kier molecular flexibility index (Phi) is 19.4. The minimum atomic E-state index is -0.894. The molecule has 4 heterocycles. The molecule has 2 aliphatic heterocycles. The van der Waals surface area contributed by atoms with Gasteiger partial charge in [-0.15, -0.1) is 11.3 Å². The zero-order valence-corrected chi connectivity index (χ0v) is 47.9. The molecule has 80 heavy (non-hydrogen) atoms. The standard InChI is InChI=1S/C59H70ClFN10O8S/c1-36(38-17-19-39(20-18-38)53-37(2)63-35-80-53)64-56(76)46-15-12-23-71(46)57(77)54(59(3,4)5)65-47(73)34-79-30-29-78-28-11-10-16-49(75)69-24-26-70(27-25-69)55-44-33-45(60)50(43-32-41(72)31-40-13-8-9-14-42(40)43)51(61)52(44)66-58(67-55)62-22-21-48(74)68(6)7/h8-10,13-14,16-20,31-33,35-36,46,54,72H,11-12,15,21-30,34H2,1-7H3,(H,64,76)(H,65,73)(H,62,66,67)/b16-10+/t36-,46-,54+/m0/s1. The van der Waals surface area contributed by atoms with Crippen LogP contribution in [0.2, 0.25) is 5.02 Å². The van der Waals surface area contributed by atoms with E-state index in [1.807, 2.05) is 93.6 Å². The number of ether oxygens (including phenoxy) is 2. The fourth-order valence-corrected chi connectivity index (χ4v) is 11.0. The van der Waals surface area contributed by atoms with Gasteiger partial charge in [-0.3, -0.25) is 24.0 Å². The van der Waals surface area contributed by atoms with Gasteiger partial charge in [0.05, 0.1) is 47.0 Å². The van der Waals surface area contributed by atoms with Crippen LogP contribution in [0.3, 0.4) is 0 Å². The Bertz CT molecular complexity index is 3250. The topological polar surface area (TPSA) is 212 Å². The number of nitrogens with zero attached hydrogens (tertiary/aromatic N) is 7. The molecule has 18 nitrogen and oxygen atoms in total. The van der Waals surface area contributed by atoms with Crippen LogP contribution >= 0.6 is 22.9 Å². The maximum Gasteiger partial charge on any atom is 0.246 e. The first kappa shape index (κ1) is 58.9. The van der Waals surface area contributed by atoms with Gasteiger partial charge in [0.25, 0.3) is 0 Å². The van der Waals surface area contributed by atoms with Gasteiger partial charge in [-0.25, -0.2) is 14.4 Å². The number of phenolic OH excluding ortho intramolecular Hbond substituents is 1. The average Bonchev–Trinajstić information content (AvgIpc) is 4.14. The van der Waals surface area contributed by atoms with E-state index in [-0.39, 0.29) is 90.3 Å². The molecule has 4 N–H and O–H groups in total. The quantitative estimate of drug-likeness (QED) is 0.0395. The van der Waals surface area contributed by atoms with Crippen molar-refractivity contribution in [1.29, 1.82) is 0 Å². The number of hydrogen-bond donors (Lipinski definition) is 4. The highest BCUT2D eigenvalue weighted by Crippen LogP contribution is 2.42. The summed E-state index contributed by atoms with van der Waals surface area (Å²) in [4.78, 5) is 88.1. The molecule has 21 heteroatoms. The summed E-state index contributed by atoms with van der Waals surface area (Å²) in [6.07, 6.45) is 5.04. The van der Waals surface area contributed by atoms with E-state index in [0.717, 1.165) is 21.7 Å². The van der Waals surface area contributed by atoms with E-state index in [4.69, 9.17) is 26.1 Å². The van der Waals surface area contributed by atoms with Crippen molar-refractivity contribution in [3.05, 3.63) is 106 Å². The van der Waals surface area contributed by atoms with Crippen molar-refractivity contribution in [3.8, 4) is 27.3 Å². The highest BCUT2D eigenvalue weighted by Gasteiger charge is 2.42. The largest absolute Gasteiger partial charge is 0.508 e. The zero-order valence-electron chi connectivity index (χ0n) is 46.3. The third-order valence-corrected chi connectivity index (χ3v) is 15.6. The van der Waals surface area contributed by atoms with Crippen LogP contribution in [0.5, 0.6) is 5.75 Å². The maximum atomic E-state index is 17.0. The Balaban J connectivity index is 0.783. The molecular formula is C59H70ClFN10O8S. The van der Waals surface area contributed by atoms with Crippen molar-refractivity contribution < 1.29 is 42.9 Å². The first-order valence-corrected chi connectivity index (χ1v) is 28.2. The number of carbonyl (C=O) groups is 5. The third-order valence-electron chi connectivity index (χ3n) is 14.3. The highest BCUT2D eigenvalue weighted by atomic mass is 35.5. The highest BCUT2D eigenvalue weighted by molar-refractivity contribution is 7.13. The van der Waals surface area contributed by atoms with E-state index in [1.54, 1.807) is 53.4 Å². The van der Waals surface area contributed by atoms with Gasteiger partial charge < -0.3 is 50.1 Å². The molecule has 2 aliphatic rings. The van der Waals surface area contributed by atoms with Gasteiger partial charge in [-0.05, 0) is 90.3 Å². The van der Waals surface area contributed by atoms with Crippen molar-refractivity contribution in [2.45, 2.75) is 78.4 Å². The molecule has 0 spiro atoms. The molecule has 3 atom stereocenters. The van der Waals surface area contributed by atoms with Gasteiger partial charge in [0.15, 0.2) is 5.82 Å². The van der Waals surface area contributed by atoms with Crippen molar-refractivity contribution in [3.63, 3.8) is 0 Å². The number of aryl methyl sites for hydroxylation is 1. The number of carbonyl (C=O) groups excluding carboxylic acids is 5. The fraction of sp³-hybridized carbons (Fsp3) is 0.424. The summed E-state index contributed by atoms with van der Waals surface area (Å²) in [5.74, 6) is -1.50. The van der Waals surface area contributed by atoms with E-state index >= 15 is 4.39 Å². The number of nitrogens with one attached hydrogen (secondary N) is 3. The van der Waals surface area contributed by atoms with Crippen LogP contribution in [-0.2, 0) is 33.4 Å². The summed E-state index contributed by atoms with van der Waals surface area (Å²) in [6.45, 7) is 11.9. The van der Waals surface area contributed by atoms with Gasteiger partial charge in [0.2, 0.25) is 35.5 Å². The number of hydrogen-bond acceptors (Lipinski definition) is 14. The first-order chi connectivity index (χ1) is 38.3. The Hall–Kier alpha value is -7.26. The van der Waals surface area contributed by atoms with Gasteiger partial charge >= 0.3 is 0 Å². The molecular weight excluding hydrogens is 1060 g/mol. The van der Waals surface area contributed by atoms with Gasteiger partial charge in [0.1, 0.15) is 35.8 Å². The van der Waals surface area contributed by atoms with E-state index in [9.17, 15) is 29.1 Å². The number of halogens is 2. The second-order valence-electron chi connectivity index (χ2n) is 21.3. The molecule has 2 saturated heterocycles. The lowest BCUT2D eigenvalue weighted by Crippen LogP contribution is -2.58. The van der Waals surface area contributed by atoms with Crippen LogP contribution in [0.15, 0.2) is 84.4 Å². The molecule has 6 aromatic rings. The third kappa shape index (κ3) is 14.2. The Morgan fingerprint density at radius 2 is 1.68 bits per heavy atom. The maximum absolute atomic E-state index is 17.0. The van der Waals surface area contributed by atoms with E-state index in [2.05, 4.69) is 25.9 Å². The van der Waals surface area contributed by atoms with Gasteiger partial charge in [-0.2, -0.15) is 4.98 Å². The molecule has 0 bridgehead atoms. The summed E-state index contributed by atoms with van der Waals surface area (Å²) in [6, 6.07) is 18.2. The number of likely N-dealkylation sites (tertiary alicyclic amines) is 1. The number of anilines is 2. The summed E-state index contributed by atoms with van der Waals surface area (Å²) < 4.78 is 28.3. The lowest BCUT2D eigenvalue weighted by molar-refractivity contribution is -0.144. The molecule has 0 saturated carbocycles. The SMILES string of the molecule is Cc1ncsc1-c1ccc([C@H](C)NC(=O)[C@@H]2CCCN2C(=O)[C@@H](NC(=O)COCCOCC/C=C/C(=O)N2CCN(c3nc(NCCC(=O)N(C)C)nc4c(F)c(-c5cc(O)cc6ccccc56)c(Cl)cc34)CC2)C(C)(C)C)cc1. The summed E-state index contributed by atoms with van der Waals surface area (Å²) >= 11 is 8.49. The molecule has 5 amide bonds. The molecule has 0 aliphatic carbocycles. The van der Waals surface area contributed by atoms with Crippen molar-refractivity contribution in [2.75, 3.05) is 90.0 Å². The van der Waals surface area contributed by atoms with Crippen LogP contribution in [0, 0.1) is 18.2 Å². The molecule has 424 valence electrons. The Morgan fingerprint density at radius 3 is 2.39 bits per heavy atom. The second kappa shape index (κ2) is 26.3. The number of piperazine rings is 1. The Labute approximate surface area is 474 Å². The van der Waals surface area contributed by atoms with Crippen molar-refractivity contribution in [1.82, 2.24) is 40.3 Å². The summed E-state index contributed by atoms with van der Waals surface area (Å²) in [5, 5.41) is 21.5. The number of amides is 5. The van der Waals surface area contributed by atoms with Crippen LogP contribution in [0.25, 0.3) is 43.2 Å². The van der Waals surface area contributed by atoms with E-state index in [1.165, 1.54) is 17.0 Å². The minimum absolute atomic E-state index is 0.00461. The zero-order chi connectivity index (χ0) is 57.3. The second-order valence-corrected chi connectivity index (χ2v) is 22.6. The number of aromatic nitrogens is 3. The molecule has 0 radical (unpaired) electrons. The fourth-order valence-electron chi connectivity index (χ4n) is 9.93. The monoisotopic (exact) mass is 1130 g/mol.